The fourth-order valence-electron chi connectivity index (χ4n) is 1.56. The summed E-state index contributed by atoms with van der Waals surface area (Å²) >= 11 is 2.74. The average Bonchev–Trinajstić information content (AvgIpc) is 2.79. The third-order valence-electron chi connectivity index (χ3n) is 2.40. The molecule has 1 aliphatic heterocycles. The number of rotatable bonds is 2. The molecule has 87 valence electrons. The number of fused-ring (bicyclic) bond motifs is 1. The molecule has 0 saturated carbocycles. The van der Waals surface area contributed by atoms with E-state index < -0.39 is 0 Å². The first-order valence-corrected chi connectivity index (χ1v) is 6.23. The van der Waals surface area contributed by atoms with Gasteiger partial charge in [0.2, 0.25) is 0 Å². The number of aliphatic imine (C=N–C) groups is 1. The Bertz CT molecular complexity index is 724. The van der Waals surface area contributed by atoms with Gasteiger partial charge >= 0.3 is 111 Å². The molecule has 1 aliphatic rings. The van der Waals surface area contributed by atoms with Gasteiger partial charge in [0.15, 0.2) is 0 Å². The number of benzene rings is 1. The molecule has 0 N–H and O–H groups in total. The Balaban J connectivity index is 1.88. The summed E-state index contributed by atoms with van der Waals surface area (Å²) in [6.07, 6.45) is 1.64. The van der Waals surface area contributed by atoms with Gasteiger partial charge in [-0.3, -0.25) is 0 Å². The molecule has 1 aromatic carbocycles. The van der Waals surface area contributed by atoms with Crippen LogP contribution in [0, 0.1) is 0 Å². The van der Waals surface area contributed by atoms with E-state index in [1.165, 1.54) is 0 Å². The first kappa shape index (κ1) is 11.2. The van der Waals surface area contributed by atoms with Crippen molar-refractivity contribution in [2.24, 2.45) is 15.0 Å². The number of guanidine groups is 1. The number of nitrogens with zero attached hydrogens (tertiary/aromatic N) is 5. The zero-order valence-corrected chi connectivity index (χ0v) is 11.0. The summed E-state index contributed by atoms with van der Waals surface area (Å²) in [6.45, 7) is 0.565. The van der Waals surface area contributed by atoms with Gasteiger partial charge in [0.05, 0.1) is 0 Å². The molecule has 0 fully saturated rings. The van der Waals surface area contributed by atoms with Gasteiger partial charge < -0.3 is 0 Å². The Morgan fingerprint density at radius 3 is 2.78 bits per heavy atom. The SMILES string of the molecule is [Se]c1ncc2c(n1)=NC(=NCc1ccccc1)N=2. The van der Waals surface area contributed by atoms with Gasteiger partial charge in [-0.05, 0) is 0 Å². The van der Waals surface area contributed by atoms with Crippen LogP contribution >= 0.6 is 0 Å². The third-order valence-corrected chi connectivity index (χ3v) is 2.81. The molecule has 0 spiro atoms. The summed E-state index contributed by atoms with van der Waals surface area (Å²) in [5.74, 6) is 0.453. The molecule has 1 aromatic heterocycles. The second-order valence-corrected chi connectivity index (χ2v) is 4.45. The van der Waals surface area contributed by atoms with E-state index >= 15 is 0 Å². The van der Waals surface area contributed by atoms with Crippen LogP contribution in [-0.2, 0) is 6.54 Å². The maximum absolute atomic E-state index is 4.34. The van der Waals surface area contributed by atoms with E-state index in [-0.39, 0.29) is 0 Å². The van der Waals surface area contributed by atoms with Crippen molar-refractivity contribution < 1.29 is 0 Å². The van der Waals surface area contributed by atoms with Gasteiger partial charge in [0, 0.05) is 0 Å². The Labute approximate surface area is 111 Å². The van der Waals surface area contributed by atoms with Gasteiger partial charge in [0.1, 0.15) is 0 Å². The molecule has 0 saturated heterocycles. The summed E-state index contributed by atoms with van der Waals surface area (Å²) in [6, 6.07) is 9.98. The minimum atomic E-state index is 0.453. The average molecular weight is 301 g/mol. The second-order valence-electron chi connectivity index (χ2n) is 3.69. The normalized spacial score (nSPS) is 15.0. The van der Waals surface area contributed by atoms with Crippen LogP contribution in [0.2, 0.25) is 0 Å². The van der Waals surface area contributed by atoms with E-state index in [1.807, 2.05) is 30.3 Å². The molecule has 3 rings (SSSR count). The molecule has 2 heterocycles. The predicted molar refractivity (Wildman–Crippen MR) is 67.3 cm³/mol. The second kappa shape index (κ2) is 4.76. The van der Waals surface area contributed by atoms with Crippen molar-refractivity contribution in [1.29, 1.82) is 0 Å². The van der Waals surface area contributed by atoms with Crippen molar-refractivity contribution in [3.63, 3.8) is 0 Å². The van der Waals surface area contributed by atoms with Crippen LogP contribution in [0.15, 0.2) is 51.5 Å². The van der Waals surface area contributed by atoms with E-state index in [0.717, 1.165) is 5.56 Å². The van der Waals surface area contributed by atoms with Gasteiger partial charge in [-0.25, -0.2) is 0 Å². The molecule has 5 nitrogen and oxygen atoms in total. The van der Waals surface area contributed by atoms with Crippen LogP contribution in [0.3, 0.4) is 0 Å². The van der Waals surface area contributed by atoms with Crippen molar-refractivity contribution in [3.05, 3.63) is 52.9 Å². The molecule has 18 heavy (non-hydrogen) atoms. The summed E-state index contributed by atoms with van der Waals surface area (Å²) in [5.41, 5.74) is 1.70. The van der Waals surface area contributed by atoms with E-state index in [0.29, 0.717) is 28.1 Å². The van der Waals surface area contributed by atoms with Crippen molar-refractivity contribution in [2.45, 2.75) is 6.54 Å². The van der Waals surface area contributed by atoms with Gasteiger partial charge in [0.25, 0.3) is 0 Å². The summed E-state index contributed by atoms with van der Waals surface area (Å²) < 4.78 is 0.567. The quantitative estimate of drug-likeness (QED) is 0.674. The van der Waals surface area contributed by atoms with Crippen LogP contribution in [0.4, 0.5) is 0 Å². The topological polar surface area (TPSA) is 62.9 Å². The first-order valence-electron chi connectivity index (χ1n) is 5.37. The Morgan fingerprint density at radius 2 is 1.94 bits per heavy atom. The van der Waals surface area contributed by atoms with E-state index in [9.17, 15) is 0 Å². The standard InChI is InChI=1S/C12H8N5Se/c18-12-14-7-9-10(17-12)16-11(15-9)13-6-8-4-2-1-3-5-8/h1-5,7H,6H2. The molecule has 0 unspecified atom stereocenters. The number of hydrogen-bond donors (Lipinski definition) is 0. The zero-order chi connectivity index (χ0) is 12.4. The van der Waals surface area contributed by atoms with E-state index in [4.69, 9.17) is 0 Å². The summed E-state index contributed by atoms with van der Waals surface area (Å²) in [4.78, 5) is 21.0. The molecular formula is C12H8N5Se. The molecule has 0 amide bonds. The van der Waals surface area contributed by atoms with Crippen LogP contribution in [-0.4, -0.2) is 31.9 Å². The van der Waals surface area contributed by atoms with E-state index in [1.54, 1.807) is 6.20 Å². The number of hydrogen-bond acceptors (Lipinski definition) is 3. The fraction of sp³-hybridized carbons (Fsp3) is 0.0833. The first-order chi connectivity index (χ1) is 8.81. The number of aromatic nitrogens is 2. The molecule has 1 radical (unpaired) electrons. The van der Waals surface area contributed by atoms with Crippen LogP contribution in [0.5, 0.6) is 0 Å². The monoisotopic (exact) mass is 302 g/mol. The molecule has 6 heteroatoms. The Kier molecular flexibility index (Phi) is 2.96. The molecule has 0 bridgehead atoms. The molecular weight excluding hydrogens is 293 g/mol. The Hall–Kier alpha value is -1.91. The predicted octanol–water partition coefficient (Wildman–Crippen LogP) is -0.921. The summed E-state index contributed by atoms with van der Waals surface area (Å²) in [7, 11) is 0. The molecule has 2 aromatic rings. The van der Waals surface area contributed by atoms with Crippen LogP contribution < -0.4 is 15.6 Å². The zero-order valence-electron chi connectivity index (χ0n) is 9.32. The van der Waals surface area contributed by atoms with Crippen molar-refractivity contribution in [1.82, 2.24) is 9.97 Å². The van der Waals surface area contributed by atoms with Crippen LogP contribution in [0.1, 0.15) is 5.56 Å². The Morgan fingerprint density at radius 1 is 1.11 bits per heavy atom. The van der Waals surface area contributed by atoms with Gasteiger partial charge in [-0.2, -0.15) is 0 Å². The minimum absolute atomic E-state index is 0.453. The van der Waals surface area contributed by atoms with Gasteiger partial charge in [-0.1, -0.05) is 0 Å². The maximum atomic E-state index is 4.34. The van der Waals surface area contributed by atoms with Crippen molar-refractivity contribution in [3.8, 4) is 0 Å². The fourth-order valence-corrected chi connectivity index (χ4v) is 1.85. The van der Waals surface area contributed by atoms with E-state index in [2.05, 4.69) is 41.0 Å². The third kappa shape index (κ3) is 2.34. The van der Waals surface area contributed by atoms with Crippen molar-refractivity contribution >= 4 is 26.7 Å². The van der Waals surface area contributed by atoms with Gasteiger partial charge in [-0.15, -0.1) is 0 Å². The van der Waals surface area contributed by atoms with Crippen LogP contribution in [0.25, 0.3) is 0 Å². The van der Waals surface area contributed by atoms with Crippen molar-refractivity contribution in [2.75, 3.05) is 0 Å². The summed E-state index contributed by atoms with van der Waals surface area (Å²) in [5, 5.41) is 0.667. The molecule has 0 aliphatic carbocycles. The molecule has 0 atom stereocenters.